The number of rotatable bonds is 3. The third-order valence-electron chi connectivity index (χ3n) is 1.98. The van der Waals surface area contributed by atoms with E-state index in [4.69, 9.17) is 0 Å². The number of thiazole rings is 1. The first-order chi connectivity index (χ1) is 8.15. The zero-order valence-corrected chi connectivity index (χ0v) is 9.87. The Morgan fingerprint density at radius 2 is 2.35 bits per heavy atom. The summed E-state index contributed by atoms with van der Waals surface area (Å²) in [5.41, 5.74) is 0.774. The molecule has 7 heteroatoms. The molecule has 17 heavy (non-hydrogen) atoms. The summed E-state index contributed by atoms with van der Waals surface area (Å²) in [5, 5.41) is 11.3. The Hall–Kier alpha value is -2.02. The molecular formula is C10H10N4O2S. The minimum absolute atomic E-state index is 0.179. The smallest absolute Gasteiger partial charge is 0.272 e. The van der Waals surface area contributed by atoms with Crippen molar-refractivity contribution in [2.24, 2.45) is 0 Å². The molecule has 0 bridgehead atoms. The van der Waals surface area contributed by atoms with E-state index in [1.807, 2.05) is 12.3 Å². The Labute approximate surface area is 101 Å². The normalized spacial score (nSPS) is 10.2. The van der Waals surface area contributed by atoms with Crippen LogP contribution in [0, 0.1) is 6.92 Å². The highest BCUT2D eigenvalue weighted by Gasteiger charge is 2.07. The van der Waals surface area contributed by atoms with E-state index >= 15 is 0 Å². The van der Waals surface area contributed by atoms with E-state index in [0.717, 1.165) is 10.7 Å². The lowest BCUT2D eigenvalue weighted by atomic mass is 10.3. The van der Waals surface area contributed by atoms with Crippen molar-refractivity contribution in [1.29, 1.82) is 0 Å². The van der Waals surface area contributed by atoms with Gasteiger partial charge >= 0.3 is 0 Å². The highest BCUT2D eigenvalue weighted by atomic mass is 32.1. The van der Waals surface area contributed by atoms with Crippen molar-refractivity contribution in [2.45, 2.75) is 13.5 Å². The summed E-state index contributed by atoms with van der Waals surface area (Å²) >= 11 is 1.49. The van der Waals surface area contributed by atoms with Crippen molar-refractivity contribution < 1.29 is 4.79 Å². The van der Waals surface area contributed by atoms with Crippen LogP contribution < -0.4 is 10.9 Å². The van der Waals surface area contributed by atoms with E-state index in [9.17, 15) is 9.59 Å². The molecule has 2 rings (SSSR count). The van der Waals surface area contributed by atoms with Crippen molar-refractivity contribution >= 4 is 17.2 Å². The predicted octanol–water partition coefficient (Wildman–Crippen LogP) is 0.465. The minimum atomic E-state index is -0.339. The lowest BCUT2D eigenvalue weighted by Gasteiger charge is -2.01. The van der Waals surface area contributed by atoms with Crippen LogP contribution in [0.3, 0.4) is 0 Å². The summed E-state index contributed by atoms with van der Waals surface area (Å²) in [6.07, 6.45) is 0. The van der Waals surface area contributed by atoms with Gasteiger partial charge in [0.25, 0.3) is 11.5 Å². The van der Waals surface area contributed by atoms with Crippen LogP contribution in [0.1, 0.15) is 21.2 Å². The number of amides is 1. The van der Waals surface area contributed by atoms with Gasteiger partial charge < -0.3 is 5.32 Å². The van der Waals surface area contributed by atoms with E-state index in [1.54, 1.807) is 0 Å². The lowest BCUT2D eigenvalue weighted by molar-refractivity contribution is 0.0944. The number of aromatic amines is 1. The summed E-state index contributed by atoms with van der Waals surface area (Å²) in [7, 11) is 0. The number of aromatic nitrogens is 3. The molecular weight excluding hydrogens is 240 g/mol. The van der Waals surface area contributed by atoms with Gasteiger partial charge in [0.15, 0.2) is 0 Å². The van der Waals surface area contributed by atoms with Gasteiger partial charge in [-0.15, -0.1) is 11.3 Å². The van der Waals surface area contributed by atoms with Gasteiger partial charge in [-0.1, -0.05) is 0 Å². The number of nitrogens with zero attached hydrogens (tertiary/aromatic N) is 2. The summed E-state index contributed by atoms with van der Waals surface area (Å²) in [5.74, 6) is -0.339. The van der Waals surface area contributed by atoms with Crippen molar-refractivity contribution in [3.8, 4) is 0 Å². The topological polar surface area (TPSA) is 87.7 Å². The van der Waals surface area contributed by atoms with Gasteiger partial charge in [0.1, 0.15) is 10.7 Å². The minimum Gasteiger partial charge on any atom is -0.344 e. The molecule has 2 aromatic heterocycles. The molecule has 2 N–H and O–H groups in total. The van der Waals surface area contributed by atoms with E-state index in [-0.39, 0.29) is 17.2 Å². The third kappa shape index (κ3) is 2.97. The molecule has 0 fully saturated rings. The first-order valence-electron chi connectivity index (χ1n) is 4.90. The Kier molecular flexibility index (Phi) is 3.29. The molecule has 6 nitrogen and oxygen atoms in total. The summed E-state index contributed by atoms with van der Waals surface area (Å²) in [6, 6.07) is 2.64. The first-order valence-corrected chi connectivity index (χ1v) is 5.78. The molecule has 0 atom stereocenters. The highest BCUT2D eigenvalue weighted by Crippen LogP contribution is 2.07. The van der Waals surface area contributed by atoms with Crippen molar-refractivity contribution in [3.63, 3.8) is 0 Å². The maximum atomic E-state index is 11.6. The zero-order valence-electron chi connectivity index (χ0n) is 9.06. The molecule has 2 heterocycles. The van der Waals surface area contributed by atoms with Crippen LogP contribution in [-0.2, 0) is 6.54 Å². The van der Waals surface area contributed by atoms with Crippen molar-refractivity contribution in [2.75, 3.05) is 0 Å². The average molecular weight is 250 g/mol. The molecule has 0 aliphatic rings. The van der Waals surface area contributed by atoms with E-state index in [0.29, 0.717) is 6.54 Å². The van der Waals surface area contributed by atoms with Gasteiger partial charge in [-0.25, -0.2) is 10.1 Å². The standard InChI is InChI=1S/C10H10N4O2S/c1-6-5-17-9(12-6)4-11-10(16)7-2-3-8(15)14-13-7/h2-3,5H,4H2,1H3,(H,11,16)(H,14,15). The first kappa shape index (κ1) is 11.5. The number of H-pyrrole nitrogens is 1. The van der Waals surface area contributed by atoms with Gasteiger partial charge in [-0.2, -0.15) is 5.10 Å². The molecule has 0 spiro atoms. The highest BCUT2D eigenvalue weighted by molar-refractivity contribution is 7.09. The second kappa shape index (κ2) is 4.88. The average Bonchev–Trinajstić information content (AvgIpc) is 2.73. The molecule has 2 aromatic rings. The second-order valence-corrected chi connectivity index (χ2v) is 4.31. The van der Waals surface area contributed by atoms with Crippen LogP contribution in [0.15, 0.2) is 22.3 Å². The fraction of sp³-hybridized carbons (Fsp3) is 0.200. The van der Waals surface area contributed by atoms with Crippen molar-refractivity contribution in [3.05, 3.63) is 44.3 Å². The van der Waals surface area contributed by atoms with Gasteiger partial charge in [0, 0.05) is 17.1 Å². The van der Waals surface area contributed by atoms with E-state index in [2.05, 4.69) is 20.5 Å². The second-order valence-electron chi connectivity index (χ2n) is 3.37. The van der Waals surface area contributed by atoms with Gasteiger partial charge in [0.2, 0.25) is 0 Å². The SMILES string of the molecule is Cc1csc(CNC(=O)c2ccc(=O)[nH]n2)n1. The van der Waals surface area contributed by atoms with Crippen LogP contribution in [0.5, 0.6) is 0 Å². The molecule has 0 radical (unpaired) electrons. The molecule has 88 valence electrons. The monoisotopic (exact) mass is 250 g/mol. The van der Waals surface area contributed by atoms with E-state index < -0.39 is 0 Å². The number of carbonyl (C=O) groups excluding carboxylic acids is 1. The number of carbonyl (C=O) groups is 1. The molecule has 0 aromatic carbocycles. The Balaban J connectivity index is 1.98. The van der Waals surface area contributed by atoms with Crippen LogP contribution >= 0.6 is 11.3 Å². The molecule has 0 saturated carbocycles. The Morgan fingerprint density at radius 3 is 2.94 bits per heavy atom. The Morgan fingerprint density at radius 1 is 1.53 bits per heavy atom. The molecule has 1 amide bonds. The summed E-state index contributed by atoms with van der Waals surface area (Å²) in [6.45, 7) is 2.25. The van der Waals surface area contributed by atoms with Crippen molar-refractivity contribution in [1.82, 2.24) is 20.5 Å². The molecule has 0 saturated heterocycles. The third-order valence-corrected chi connectivity index (χ3v) is 2.95. The van der Waals surface area contributed by atoms with Crippen LogP contribution in [0.25, 0.3) is 0 Å². The summed E-state index contributed by atoms with van der Waals surface area (Å²) in [4.78, 5) is 26.6. The number of hydrogen-bond acceptors (Lipinski definition) is 5. The zero-order chi connectivity index (χ0) is 12.3. The molecule has 0 aliphatic heterocycles. The van der Waals surface area contributed by atoms with Gasteiger partial charge in [-0.3, -0.25) is 9.59 Å². The predicted molar refractivity (Wildman–Crippen MR) is 62.9 cm³/mol. The fourth-order valence-corrected chi connectivity index (χ4v) is 1.91. The number of aryl methyl sites for hydroxylation is 1. The number of nitrogens with one attached hydrogen (secondary N) is 2. The lowest BCUT2D eigenvalue weighted by Crippen LogP contribution is -2.25. The van der Waals surface area contributed by atoms with Crippen LogP contribution in [-0.4, -0.2) is 21.1 Å². The summed E-state index contributed by atoms with van der Waals surface area (Å²) < 4.78 is 0. The quantitative estimate of drug-likeness (QED) is 0.828. The largest absolute Gasteiger partial charge is 0.344 e. The van der Waals surface area contributed by atoms with E-state index in [1.165, 1.54) is 23.5 Å². The maximum absolute atomic E-state index is 11.6. The van der Waals surface area contributed by atoms with Gasteiger partial charge in [0.05, 0.1) is 6.54 Å². The van der Waals surface area contributed by atoms with Crippen LogP contribution in [0.2, 0.25) is 0 Å². The van der Waals surface area contributed by atoms with Crippen LogP contribution in [0.4, 0.5) is 0 Å². The fourth-order valence-electron chi connectivity index (χ4n) is 1.20. The van der Waals surface area contributed by atoms with Gasteiger partial charge in [-0.05, 0) is 13.0 Å². The molecule has 0 unspecified atom stereocenters. The number of hydrogen-bond donors (Lipinski definition) is 2. The molecule has 0 aliphatic carbocycles. The Bertz CT molecular complexity index is 569. The maximum Gasteiger partial charge on any atom is 0.272 e.